The van der Waals surface area contributed by atoms with Crippen LogP contribution in [0.15, 0.2) is 54.6 Å². The van der Waals surface area contributed by atoms with Gasteiger partial charge in [-0.1, -0.05) is 42.5 Å². The molecule has 4 nitrogen and oxygen atoms in total. The summed E-state index contributed by atoms with van der Waals surface area (Å²) in [7, 11) is 1.82. The summed E-state index contributed by atoms with van der Waals surface area (Å²) in [4.78, 5) is 19.0. The van der Waals surface area contributed by atoms with Crippen LogP contribution in [-0.2, 0) is 4.79 Å². The van der Waals surface area contributed by atoms with Crippen molar-refractivity contribution in [1.29, 1.82) is 0 Å². The predicted molar refractivity (Wildman–Crippen MR) is 98.8 cm³/mol. The second-order valence-corrected chi connectivity index (χ2v) is 6.98. The van der Waals surface area contributed by atoms with Gasteiger partial charge in [-0.25, -0.2) is 4.98 Å². The molecular weight excluding hydrogens is 318 g/mol. The fourth-order valence-electron chi connectivity index (χ4n) is 2.60. The lowest BCUT2D eigenvalue weighted by Gasteiger charge is -2.24. The number of para-hydroxylation sites is 1. The van der Waals surface area contributed by atoms with Crippen LogP contribution < -0.4 is 5.73 Å². The van der Waals surface area contributed by atoms with Crippen molar-refractivity contribution in [3.63, 3.8) is 0 Å². The fourth-order valence-corrected chi connectivity index (χ4v) is 3.66. The lowest BCUT2D eigenvalue weighted by Crippen LogP contribution is -2.32. The van der Waals surface area contributed by atoms with Crippen molar-refractivity contribution >= 4 is 27.5 Å². The predicted octanol–water partition coefficient (Wildman–Crippen LogP) is 3.91. The van der Waals surface area contributed by atoms with Crippen LogP contribution in [0.25, 0.3) is 10.2 Å². The Kier molecular flexibility index (Phi) is 4.92. The van der Waals surface area contributed by atoms with E-state index < -0.39 is 0 Å². The van der Waals surface area contributed by atoms with Crippen LogP contribution >= 0.6 is 11.3 Å². The van der Waals surface area contributed by atoms with Crippen LogP contribution in [0, 0.1) is 0 Å². The van der Waals surface area contributed by atoms with Gasteiger partial charge in [-0.2, -0.15) is 0 Å². The maximum atomic E-state index is 12.6. The highest BCUT2D eigenvalue weighted by Crippen LogP contribution is 2.29. The Balaban J connectivity index is 1.70. The standard InChI is InChI=1S/C19H21N3OS/c1-13(19-21-16-10-6-7-11-17(16)24-19)22(2)18(23)12-15(20)14-8-4-3-5-9-14/h3-11,13,15H,12,20H2,1-2H3. The van der Waals surface area contributed by atoms with Gasteiger partial charge in [0.2, 0.25) is 5.91 Å². The fraction of sp³-hybridized carbons (Fsp3) is 0.263. The Labute approximate surface area is 145 Å². The first-order valence-corrected chi connectivity index (χ1v) is 8.79. The highest BCUT2D eigenvalue weighted by atomic mass is 32.1. The van der Waals surface area contributed by atoms with Gasteiger partial charge in [-0.05, 0) is 24.6 Å². The third-order valence-corrected chi connectivity index (χ3v) is 5.47. The maximum Gasteiger partial charge on any atom is 0.224 e. The van der Waals surface area contributed by atoms with E-state index in [4.69, 9.17) is 5.73 Å². The van der Waals surface area contributed by atoms with Crippen LogP contribution in [0.2, 0.25) is 0 Å². The van der Waals surface area contributed by atoms with E-state index in [9.17, 15) is 4.79 Å². The van der Waals surface area contributed by atoms with Crippen molar-refractivity contribution < 1.29 is 4.79 Å². The molecule has 0 aliphatic heterocycles. The van der Waals surface area contributed by atoms with Gasteiger partial charge >= 0.3 is 0 Å². The molecule has 5 heteroatoms. The average Bonchev–Trinajstić information content (AvgIpc) is 3.05. The maximum absolute atomic E-state index is 12.6. The molecule has 3 rings (SSSR count). The molecule has 24 heavy (non-hydrogen) atoms. The molecule has 1 amide bonds. The number of amides is 1. The Morgan fingerprint density at radius 1 is 1.17 bits per heavy atom. The second-order valence-electron chi connectivity index (χ2n) is 5.92. The molecule has 3 aromatic rings. The van der Waals surface area contributed by atoms with Gasteiger partial charge in [0.15, 0.2) is 0 Å². The minimum absolute atomic E-state index is 0.0260. The van der Waals surface area contributed by atoms with Crippen LogP contribution in [0.5, 0.6) is 0 Å². The number of carbonyl (C=O) groups is 1. The van der Waals surface area contributed by atoms with Crippen molar-refractivity contribution in [2.45, 2.75) is 25.4 Å². The summed E-state index contributed by atoms with van der Waals surface area (Å²) in [6.45, 7) is 2.00. The first-order chi connectivity index (χ1) is 11.6. The van der Waals surface area contributed by atoms with E-state index in [-0.39, 0.29) is 24.4 Å². The van der Waals surface area contributed by atoms with E-state index in [2.05, 4.69) is 11.1 Å². The molecule has 0 aliphatic carbocycles. The SMILES string of the molecule is CC(c1nc2ccccc2s1)N(C)C(=O)CC(N)c1ccccc1. The molecule has 0 fully saturated rings. The molecule has 124 valence electrons. The van der Waals surface area contributed by atoms with E-state index in [1.807, 2.05) is 62.5 Å². The zero-order chi connectivity index (χ0) is 17.1. The van der Waals surface area contributed by atoms with Gasteiger partial charge in [-0.3, -0.25) is 4.79 Å². The van der Waals surface area contributed by atoms with Gasteiger partial charge in [0.05, 0.1) is 16.3 Å². The molecule has 0 radical (unpaired) electrons. The Hall–Kier alpha value is -2.24. The average molecular weight is 339 g/mol. The molecule has 0 spiro atoms. The van der Waals surface area contributed by atoms with Gasteiger partial charge in [0.25, 0.3) is 0 Å². The number of hydrogen-bond acceptors (Lipinski definition) is 4. The monoisotopic (exact) mass is 339 g/mol. The summed E-state index contributed by atoms with van der Waals surface area (Å²) in [5.74, 6) is 0.0260. The van der Waals surface area contributed by atoms with E-state index in [0.29, 0.717) is 0 Å². The molecule has 1 aromatic heterocycles. The first kappa shape index (κ1) is 16.6. The summed E-state index contributed by atoms with van der Waals surface area (Å²) < 4.78 is 1.14. The quantitative estimate of drug-likeness (QED) is 0.767. The van der Waals surface area contributed by atoms with E-state index >= 15 is 0 Å². The number of thiazole rings is 1. The second kappa shape index (κ2) is 7.11. The molecule has 0 aliphatic rings. The number of hydrogen-bond donors (Lipinski definition) is 1. The topological polar surface area (TPSA) is 59.2 Å². The highest BCUT2D eigenvalue weighted by Gasteiger charge is 2.22. The lowest BCUT2D eigenvalue weighted by atomic mass is 10.0. The number of nitrogens with two attached hydrogens (primary N) is 1. The smallest absolute Gasteiger partial charge is 0.224 e. The number of fused-ring (bicyclic) bond motifs is 1. The zero-order valence-corrected chi connectivity index (χ0v) is 14.7. The summed E-state index contributed by atoms with van der Waals surface area (Å²) in [6, 6.07) is 17.4. The molecule has 2 N–H and O–H groups in total. The van der Waals surface area contributed by atoms with E-state index in [1.165, 1.54) is 0 Å². The number of carbonyl (C=O) groups excluding carboxylic acids is 1. The molecule has 2 aromatic carbocycles. The number of rotatable bonds is 5. The van der Waals surface area contributed by atoms with E-state index in [1.54, 1.807) is 16.2 Å². The van der Waals surface area contributed by atoms with Gasteiger partial charge in [-0.15, -0.1) is 11.3 Å². The van der Waals surface area contributed by atoms with Crippen molar-refractivity contribution in [2.24, 2.45) is 5.73 Å². The lowest BCUT2D eigenvalue weighted by molar-refractivity contribution is -0.132. The normalized spacial score (nSPS) is 13.6. The number of benzene rings is 2. The van der Waals surface area contributed by atoms with Crippen molar-refractivity contribution in [3.05, 3.63) is 65.2 Å². The van der Waals surface area contributed by atoms with Crippen LogP contribution in [0.3, 0.4) is 0 Å². The van der Waals surface area contributed by atoms with Crippen molar-refractivity contribution in [1.82, 2.24) is 9.88 Å². The minimum atomic E-state index is -0.288. The Morgan fingerprint density at radius 3 is 2.54 bits per heavy atom. The summed E-state index contributed by atoms with van der Waals surface area (Å²) in [6.07, 6.45) is 0.287. The Morgan fingerprint density at radius 2 is 1.83 bits per heavy atom. The summed E-state index contributed by atoms with van der Waals surface area (Å²) in [5, 5.41) is 0.945. The summed E-state index contributed by atoms with van der Waals surface area (Å²) in [5.41, 5.74) is 8.13. The van der Waals surface area contributed by atoms with Gasteiger partial charge in [0, 0.05) is 19.5 Å². The third-order valence-electron chi connectivity index (χ3n) is 4.26. The third kappa shape index (κ3) is 3.47. The van der Waals surface area contributed by atoms with Crippen LogP contribution in [0.4, 0.5) is 0 Å². The first-order valence-electron chi connectivity index (χ1n) is 7.98. The Bertz CT molecular complexity index is 798. The molecule has 2 atom stereocenters. The molecule has 0 saturated heterocycles. The molecule has 0 bridgehead atoms. The molecule has 1 heterocycles. The van der Waals surface area contributed by atoms with Crippen LogP contribution in [-0.4, -0.2) is 22.8 Å². The number of nitrogens with zero attached hydrogens (tertiary/aromatic N) is 2. The minimum Gasteiger partial charge on any atom is -0.337 e. The molecule has 0 saturated carbocycles. The molecule has 2 unspecified atom stereocenters. The van der Waals surface area contributed by atoms with Gasteiger partial charge < -0.3 is 10.6 Å². The number of aromatic nitrogens is 1. The van der Waals surface area contributed by atoms with E-state index in [0.717, 1.165) is 20.8 Å². The largest absolute Gasteiger partial charge is 0.337 e. The van der Waals surface area contributed by atoms with Crippen LogP contribution in [0.1, 0.15) is 36.0 Å². The van der Waals surface area contributed by atoms with Crippen molar-refractivity contribution in [2.75, 3.05) is 7.05 Å². The summed E-state index contributed by atoms with van der Waals surface area (Å²) >= 11 is 1.63. The van der Waals surface area contributed by atoms with Crippen molar-refractivity contribution in [3.8, 4) is 0 Å². The molecular formula is C19H21N3OS. The van der Waals surface area contributed by atoms with Gasteiger partial charge in [0.1, 0.15) is 5.01 Å². The highest BCUT2D eigenvalue weighted by molar-refractivity contribution is 7.18. The zero-order valence-electron chi connectivity index (χ0n) is 13.8.